The van der Waals surface area contributed by atoms with Crippen LogP contribution in [-0.4, -0.2) is 18.1 Å². The van der Waals surface area contributed by atoms with Gasteiger partial charge in [-0.3, -0.25) is 0 Å². The van der Waals surface area contributed by atoms with E-state index in [0.717, 1.165) is 22.0 Å². The van der Waals surface area contributed by atoms with Crippen LogP contribution < -0.4 is 9.47 Å². The van der Waals surface area contributed by atoms with Gasteiger partial charge in [-0.25, -0.2) is 4.79 Å². The number of fused-ring (bicyclic) bond motifs is 1. The first kappa shape index (κ1) is 18.6. The first-order chi connectivity index (χ1) is 14.1. The van der Waals surface area contributed by atoms with E-state index in [9.17, 15) is 4.79 Å². The Labute approximate surface area is 168 Å². The number of aromatic amines is 1. The van der Waals surface area contributed by atoms with Crippen LogP contribution in [0.2, 0.25) is 0 Å². The van der Waals surface area contributed by atoms with Gasteiger partial charge in [-0.15, -0.1) is 0 Å². The number of carbonyl (C=O) groups excluding carboxylic acids is 1. The molecule has 0 fully saturated rings. The molecule has 4 rings (SSSR count). The smallest absolute Gasteiger partial charge is 0.354 e. The molecule has 5 heteroatoms. The summed E-state index contributed by atoms with van der Waals surface area (Å²) >= 11 is 0. The quantitative estimate of drug-likeness (QED) is 0.435. The number of rotatable bonds is 6. The second-order valence-corrected chi connectivity index (χ2v) is 6.72. The van der Waals surface area contributed by atoms with Crippen LogP contribution in [0.4, 0.5) is 0 Å². The molecule has 0 atom stereocenters. The van der Waals surface area contributed by atoms with Crippen LogP contribution in [0, 0.1) is 6.92 Å². The lowest BCUT2D eigenvalue weighted by Gasteiger charge is -2.13. The predicted molar refractivity (Wildman–Crippen MR) is 112 cm³/mol. The molecule has 0 saturated carbocycles. The third-order valence-electron chi connectivity index (χ3n) is 4.56. The van der Waals surface area contributed by atoms with Gasteiger partial charge in [0.25, 0.3) is 0 Å². The number of para-hydroxylation sites is 2. The summed E-state index contributed by atoms with van der Waals surface area (Å²) in [6, 6.07) is 23.2. The van der Waals surface area contributed by atoms with Gasteiger partial charge in [-0.05, 0) is 48.4 Å². The number of H-pyrrole nitrogens is 1. The van der Waals surface area contributed by atoms with Crippen molar-refractivity contribution in [2.75, 3.05) is 7.11 Å². The molecule has 5 nitrogen and oxygen atoms in total. The molecule has 0 aliphatic rings. The summed E-state index contributed by atoms with van der Waals surface area (Å²) in [6.45, 7) is 2.42. The van der Waals surface area contributed by atoms with Crippen LogP contribution in [0.15, 0.2) is 72.8 Å². The maximum absolute atomic E-state index is 11.9. The molecule has 4 aromatic rings. The Kier molecular flexibility index (Phi) is 5.20. The van der Waals surface area contributed by atoms with Crippen molar-refractivity contribution >= 4 is 16.9 Å². The lowest BCUT2D eigenvalue weighted by molar-refractivity contribution is 0.0595. The lowest BCUT2D eigenvalue weighted by Crippen LogP contribution is -2.00. The van der Waals surface area contributed by atoms with Crippen molar-refractivity contribution in [1.29, 1.82) is 0 Å². The highest BCUT2D eigenvalue weighted by Gasteiger charge is 2.15. The van der Waals surface area contributed by atoms with Crippen LogP contribution in [0.25, 0.3) is 10.9 Å². The number of methoxy groups -OCH3 is 1. The molecular formula is C24H21NO4. The van der Waals surface area contributed by atoms with Crippen LogP contribution in [0.3, 0.4) is 0 Å². The topological polar surface area (TPSA) is 60.6 Å². The van der Waals surface area contributed by atoms with E-state index >= 15 is 0 Å². The summed E-state index contributed by atoms with van der Waals surface area (Å²) in [7, 11) is 1.36. The van der Waals surface area contributed by atoms with Crippen LogP contribution in [0.1, 0.15) is 21.6 Å². The van der Waals surface area contributed by atoms with E-state index in [1.54, 1.807) is 6.07 Å². The maximum Gasteiger partial charge on any atom is 0.354 e. The Hall–Kier alpha value is -3.73. The van der Waals surface area contributed by atoms with Crippen molar-refractivity contribution in [3.05, 3.63) is 89.6 Å². The number of benzene rings is 3. The molecule has 1 heterocycles. The highest BCUT2D eigenvalue weighted by atomic mass is 16.5. The van der Waals surface area contributed by atoms with Gasteiger partial charge in [-0.1, -0.05) is 42.5 Å². The molecule has 0 bridgehead atoms. The average molecular weight is 387 g/mol. The third kappa shape index (κ3) is 4.09. The zero-order chi connectivity index (χ0) is 20.2. The predicted octanol–water partition coefficient (Wildman–Crippen LogP) is 5.63. The molecule has 1 N–H and O–H groups in total. The Morgan fingerprint density at radius 1 is 0.897 bits per heavy atom. The molecule has 29 heavy (non-hydrogen) atoms. The fraction of sp³-hybridized carbons (Fsp3) is 0.125. The van der Waals surface area contributed by atoms with Gasteiger partial charge in [0.05, 0.1) is 12.6 Å². The number of nitrogens with one attached hydrogen (secondary N) is 1. The molecule has 0 aliphatic carbocycles. The summed E-state index contributed by atoms with van der Waals surface area (Å²) < 4.78 is 17.0. The first-order valence-electron chi connectivity index (χ1n) is 9.29. The Balaban J connectivity index is 1.65. The molecule has 0 aliphatic heterocycles. The third-order valence-corrected chi connectivity index (χ3v) is 4.56. The minimum absolute atomic E-state index is 0.381. The molecule has 0 spiro atoms. The second-order valence-electron chi connectivity index (χ2n) is 6.72. The van der Waals surface area contributed by atoms with E-state index in [0.29, 0.717) is 29.5 Å². The van der Waals surface area contributed by atoms with Gasteiger partial charge in [0.2, 0.25) is 0 Å². The first-order valence-corrected chi connectivity index (χ1v) is 9.29. The Morgan fingerprint density at radius 3 is 2.38 bits per heavy atom. The highest BCUT2D eigenvalue weighted by molar-refractivity contribution is 5.97. The zero-order valence-electron chi connectivity index (χ0n) is 16.3. The number of aromatic nitrogens is 1. The van der Waals surface area contributed by atoms with Gasteiger partial charge < -0.3 is 19.2 Å². The largest absolute Gasteiger partial charge is 0.485 e. The van der Waals surface area contributed by atoms with E-state index in [1.165, 1.54) is 7.11 Å². The van der Waals surface area contributed by atoms with Crippen molar-refractivity contribution < 1.29 is 19.0 Å². The fourth-order valence-corrected chi connectivity index (χ4v) is 3.15. The van der Waals surface area contributed by atoms with E-state index in [4.69, 9.17) is 14.2 Å². The van der Waals surface area contributed by atoms with Crippen molar-refractivity contribution in [2.45, 2.75) is 13.5 Å². The number of carbonyl (C=O) groups is 1. The summed E-state index contributed by atoms with van der Waals surface area (Å²) in [5.74, 6) is 1.48. The van der Waals surface area contributed by atoms with Crippen LogP contribution in [-0.2, 0) is 11.3 Å². The van der Waals surface area contributed by atoms with Gasteiger partial charge in [0, 0.05) is 5.39 Å². The molecule has 0 amide bonds. The molecule has 0 saturated heterocycles. The minimum Gasteiger partial charge on any atom is -0.485 e. The number of aryl methyl sites for hydroxylation is 1. The van der Waals surface area contributed by atoms with Gasteiger partial charge in [-0.2, -0.15) is 0 Å². The average Bonchev–Trinajstić information content (AvgIpc) is 3.17. The number of hydrogen-bond acceptors (Lipinski definition) is 4. The van der Waals surface area contributed by atoms with Crippen molar-refractivity contribution in [3.8, 4) is 17.2 Å². The molecular weight excluding hydrogens is 366 g/mol. The summed E-state index contributed by atoms with van der Waals surface area (Å²) in [4.78, 5) is 15.0. The van der Waals surface area contributed by atoms with Gasteiger partial charge in [0.15, 0.2) is 11.5 Å². The van der Waals surface area contributed by atoms with E-state index in [-0.39, 0.29) is 0 Å². The van der Waals surface area contributed by atoms with Crippen molar-refractivity contribution in [1.82, 2.24) is 4.98 Å². The fourth-order valence-electron chi connectivity index (χ4n) is 3.15. The maximum atomic E-state index is 11.9. The monoisotopic (exact) mass is 387 g/mol. The molecule has 1 aromatic heterocycles. The van der Waals surface area contributed by atoms with Crippen LogP contribution in [0.5, 0.6) is 17.2 Å². The number of ether oxygens (including phenoxy) is 3. The molecule has 0 unspecified atom stereocenters. The lowest BCUT2D eigenvalue weighted by atomic mass is 10.1. The summed E-state index contributed by atoms with van der Waals surface area (Å²) in [6.07, 6.45) is 0. The SMILES string of the molecule is COC(=O)c1cc2c(Oc3ccccc3OCc3ccccc3)cc(C)cc2[nH]1. The van der Waals surface area contributed by atoms with Gasteiger partial charge in [0.1, 0.15) is 18.1 Å². The van der Waals surface area contributed by atoms with E-state index in [2.05, 4.69) is 4.98 Å². The summed E-state index contributed by atoms with van der Waals surface area (Å²) in [5, 5.41) is 0.800. The number of hydrogen-bond donors (Lipinski definition) is 1. The van der Waals surface area contributed by atoms with E-state index < -0.39 is 5.97 Å². The zero-order valence-corrected chi connectivity index (χ0v) is 16.3. The van der Waals surface area contributed by atoms with Crippen molar-refractivity contribution in [3.63, 3.8) is 0 Å². The molecule has 3 aromatic carbocycles. The minimum atomic E-state index is -0.420. The van der Waals surface area contributed by atoms with Crippen LogP contribution >= 0.6 is 0 Å². The summed E-state index contributed by atoms with van der Waals surface area (Å²) in [5.41, 5.74) is 3.27. The molecule has 0 radical (unpaired) electrons. The Bertz CT molecular complexity index is 1150. The number of esters is 1. The van der Waals surface area contributed by atoms with E-state index in [1.807, 2.05) is 73.7 Å². The standard InChI is InChI=1S/C24H21NO4/c1-16-12-19-18(14-20(25-19)24(26)27-2)23(13-16)29-22-11-7-6-10-21(22)28-15-17-8-4-3-5-9-17/h3-14,25H,15H2,1-2H3. The highest BCUT2D eigenvalue weighted by Crippen LogP contribution is 2.36. The van der Waals surface area contributed by atoms with Gasteiger partial charge >= 0.3 is 5.97 Å². The molecule has 146 valence electrons. The second kappa shape index (κ2) is 8.10. The van der Waals surface area contributed by atoms with Crippen molar-refractivity contribution in [2.24, 2.45) is 0 Å². The Morgan fingerprint density at radius 2 is 1.62 bits per heavy atom. The normalized spacial score (nSPS) is 10.7.